The van der Waals surface area contributed by atoms with Gasteiger partial charge in [-0.2, -0.15) is 0 Å². The minimum atomic E-state index is -0.894. The fraction of sp³-hybridized carbons (Fsp3) is 0.529. The fourth-order valence-electron chi connectivity index (χ4n) is 2.80. The number of hydrogen-bond acceptors (Lipinski definition) is 3. The maximum Gasteiger partial charge on any atom is 0.326 e. The molecule has 0 saturated carbocycles. The summed E-state index contributed by atoms with van der Waals surface area (Å²) in [6, 6.07) is 7.03. The van der Waals surface area contributed by atoms with Crippen LogP contribution >= 0.6 is 0 Å². The molecule has 0 aromatic heterocycles. The Bertz CT molecular complexity index is 512. The Hall–Kier alpha value is -2.04. The van der Waals surface area contributed by atoms with Crippen LogP contribution in [0.4, 0.5) is 0 Å². The van der Waals surface area contributed by atoms with Crippen molar-refractivity contribution in [1.29, 1.82) is 0 Å². The highest BCUT2D eigenvalue weighted by Gasteiger charge is 2.31. The molecule has 0 radical (unpaired) electrons. The van der Waals surface area contributed by atoms with Gasteiger partial charge in [0.25, 0.3) is 0 Å². The summed E-state index contributed by atoms with van der Waals surface area (Å²) in [4.78, 5) is 25.1. The number of carbonyl (C=O) groups excluding carboxylic acids is 1. The van der Waals surface area contributed by atoms with E-state index in [-0.39, 0.29) is 5.91 Å². The lowest BCUT2D eigenvalue weighted by molar-refractivity contribution is -0.152. The van der Waals surface area contributed by atoms with E-state index in [1.165, 1.54) is 4.90 Å². The van der Waals surface area contributed by atoms with Crippen LogP contribution in [-0.4, -0.2) is 41.1 Å². The number of ether oxygens (including phenoxy) is 1. The molecule has 1 aliphatic rings. The van der Waals surface area contributed by atoms with Gasteiger partial charge in [0, 0.05) is 13.0 Å². The summed E-state index contributed by atoms with van der Waals surface area (Å²) in [5.41, 5.74) is 1.06. The number of likely N-dealkylation sites (tertiary alicyclic amines) is 1. The minimum Gasteiger partial charge on any atom is -0.494 e. The third kappa shape index (κ3) is 4.23. The zero-order valence-corrected chi connectivity index (χ0v) is 13.0. The van der Waals surface area contributed by atoms with Crippen LogP contribution in [0.1, 0.15) is 38.2 Å². The quantitative estimate of drug-likeness (QED) is 0.877. The number of amides is 1. The van der Waals surface area contributed by atoms with Crippen LogP contribution in [0.3, 0.4) is 0 Å². The summed E-state index contributed by atoms with van der Waals surface area (Å²) in [6.07, 6.45) is 3.29. The molecule has 1 aromatic carbocycles. The molecule has 5 nitrogen and oxygen atoms in total. The van der Waals surface area contributed by atoms with Gasteiger partial charge in [0.15, 0.2) is 0 Å². The fourth-order valence-corrected chi connectivity index (χ4v) is 2.80. The lowest BCUT2D eigenvalue weighted by Gasteiger charge is -2.33. The Morgan fingerprint density at radius 2 is 2.00 bits per heavy atom. The average molecular weight is 305 g/mol. The number of benzene rings is 1. The first-order chi connectivity index (χ1) is 10.6. The van der Waals surface area contributed by atoms with E-state index in [0.717, 1.165) is 24.2 Å². The molecule has 1 heterocycles. The van der Waals surface area contributed by atoms with Crippen LogP contribution < -0.4 is 4.74 Å². The molecule has 0 bridgehead atoms. The van der Waals surface area contributed by atoms with Crippen molar-refractivity contribution < 1.29 is 19.4 Å². The van der Waals surface area contributed by atoms with Crippen LogP contribution in [0.15, 0.2) is 24.3 Å². The van der Waals surface area contributed by atoms with Crippen LogP contribution in [0.25, 0.3) is 0 Å². The maximum atomic E-state index is 12.3. The summed E-state index contributed by atoms with van der Waals surface area (Å²) in [7, 11) is 0. The number of hydrogen-bond donors (Lipinski definition) is 1. The summed E-state index contributed by atoms with van der Waals surface area (Å²) in [5, 5.41) is 9.22. The number of piperidine rings is 1. The highest BCUT2D eigenvalue weighted by molar-refractivity contribution is 5.84. The summed E-state index contributed by atoms with van der Waals surface area (Å²) >= 11 is 0. The largest absolute Gasteiger partial charge is 0.494 e. The number of carbonyl (C=O) groups is 2. The number of aryl methyl sites for hydroxylation is 1. The molecular weight excluding hydrogens is 282 g/mol. The highest BCUT2D eigenvalue weighted by Crippen LogP contribution is 2.19. The average Bonchev–Trinajstić information content (AvgIpc) is 2.54. The van der Waals surface area contributed by atoms with Crippen LogP contribution in [0, 0.1) is 0 Å². The predicted molar refractivity (Wildman–Crippen MR) is 82.9 cm³/mol. The van der Waals surface area contributed by atoms with E-state index in [4.69, 9.17) is 4.74 Å². The van der Waals surface area contributed by atoms with E-state index in [1.807, 2.05) is 31.2 Å². The molecular formula is C17H23NO4. The molecule has 1 aliphatic heterocycles. The Morgan fingerprint density at radius 3 is 2.64 bits per heavy atom. The summed E-state index contributed by atoms with van der Waals surface area (Å²) in [6.45, 7) is 3.12. The first-order valence-corrected chi connectivity index (χ1v) is 7.86. The predicted octanol–water partition coefficient (Wildman–Crippen LogP) is 2.48. The van der Waals surface area contributed by atoms with Crippen LogP contribution in [0.2, 0.25) is 0 Å². The second-order valence-corrected chi connectivity index (χ2v) is 5.51. The molecule has 1 saturated heterocycles. The Kier molecular flexibility index (Phi) is 5.81. The van der Waals surface area contributed by atoms with Crippen molar-refractivity contribution >= 4 is 11.9 Å². The lowest BCUT2D eigenvalue weighted by Crippen LogP contribution is -2.48. The maximum absolute atomic E-state index is 12.3. The molecule has 1 N–H and O–H groups in total. The standard InChI is InChI=1S/C17H23NO4/c1-2-22-14-9-6-13(7-10-14)8-11-16(19)18-12-4-3-5-15(18)17(20)21/h6-7,9-10,15H,2-5,8,11-12H2,1H3,(H,20,21)/t15-/m1/s1. The number of carboxylic acids is 1. The first kappa shape index (κ1) is 16.3. The number of nitrogens with zero attached hydrogens (tertiary/aromatic N) is 1. The van der Waals surface area contributed by atoms with E-state index in [2.05, 4.69) is 0 Å². The lowest BCUT2D eigenvalue weighted by atomic mass is 10.0. The number of carboxylic acid groups (broad SMARTS) is 1. The Morgan fingerprint density at radius 1 is 1.27 bits per heavy atom. The third-order valence-corrected chi connectivity index (χ3v) is 3.97. The molecule has 0 unspecified atom stereocenters. The van der Waals surface area contributed by atoms with Crippen LogP contribution in [-0.2, 0) is 16.0 Å². The highest BCUT2D eigenvalue weighted by atomic mass is 16.5. The molecule has 1 fully saturated rings. The van der Waals surface area contributed by atoms with Crippen molar-refractivity contribution in [2.75, 3.05) is 13.2 Å². The van der Waals surface area contributed by atoms with Crippen molar-refractivity contribution in [3.63, 3.8) is 0 Å². The summed E-state index contributed by atoms with van der Waals surface area (Å²) < 4.78 is 5.38. The second-order valence-electron chi connectivity index (χ2n) is 5.51. The molecule has 1 aromatic rings. The SMILES string of the molecule is CCOc1ccc(CCC(=O)N2CCCC[C@@H]2C(=O)O)cc1. The molecule has 0 spiro atoms. The third-order valence-electron chi connectivity index (χ3n) is 3.97. The molecule has 1 amide bonds. The number of aliphatic carboxylic acids is 1. The van der Waals surface area contributed by atoms with Gasteiger partial charge in [-0.05, 0) is 50.3 Å². The van der Waals surface area contributed by atoms with Gasteiger partial charge in [-0.25, -0.2) is 4.79 Å². The molecule has 0 aliphatic carbocycles. The smallest absolute Gasteiger partial charge is 0.326 e. The Labute approximate surface area is 130 Å². The van der Waals surface area contributed by atoms with E-state index < -0.39 is 12.0 Å². The molecule has 22 heavy (non-hydrogen) atoms. The van der Waals surface area contributed by atoms with Gasteiger partial charge < -0.3 is 14.7 Å². The van der Waals surface area contributed by atoms with Gasteiger partial charge in [0.05, 0.1) is 6.61 Å². The van der Waals surface area contributed by atoms with Gasteiger partial charge >= 0.3 is 5.97 Å². The minimum absolute atomic E-state index is 0.0685. The molecule has 5 heteroatoms. The van der Waals surface area contributed by atoms with Crippen molar-refractivity contribution in [2.45, 2.75) is 45.1 Å². The van der Waals surface area contributed by atoms with Crippen molar-refractivity contribution in [1.82, 2.24) is 4.90 Å². The Balaban J connectivity index is 1.89. The van der Waals surface area contributed by atoms with Crippen LogP contribution in [0.5, 0.6) is 5.75 Å². The topological polar surface area (TPSA) is 66.8 Å². The van der Waals surface area contributed by atoms with E-state index in [1.54, 1.807) is 0 Å². The van der Waals surface area contributed by atoms with E-state index in [9.17, 15) is 14.7 Å². The summed E-state index contributed by atoms with van der Waals surface area (Å²) in [5.74, 6) is -0.144. The molecule has 2 rings (SSSR count). The van der Waals surface area contributed by atoms with Crippen molar-refractivity contribution in [3.05, 3.63) is 29.8 Å². The molecule has 120 valence electrons. The zero-order chi connectivity index (χ0) is 15.9. The second kappa shape index (κ2) is 7.82. The van der Waals surface area contributed by atoms with Crippen molar-refractivity contribution in [2.24, 2.45) is 0 Å². The number of rotatable bonds is 6. The monoisotopic (exact) mass is 305 g/mol. The van der Waals surface area contributed by atoms with Gasteiger partial charge in [-0.15, -0.1) is 0 Å². The van der Waals surface area contributed by atoms with Gasteiger partial charge in [-0.3, -0.25) is 4.79 Å². The van der Waals surface area contributed by atoms with Crippen molar-refractivity contribution in [3.8, 4) is 5.75 Å². The van der Waals surface area contributed by atoms with E-state index in [0.29, 0.717) is 32.4 Å². The normalized spacial score (nSPS) is 18.0. The molecule has 1 atom stereocenters. The first-order valence-electron chi connectivity index (χ1n) is 7.86. The van der Waals surface area contributed by atoms with E-state index >= 15 is 0 Å². The van der Waals surface area contributed by atoms with Gasteiger partial charge in [0.2, 0.25) is 5.91 Å². The van der Waals surface area contributed by atoms with Gasteiger partial charge in [0.1, 0.15) is 11.8 Å². The zero-order valence-electron chi connectivity index (χ0n) is 13.0. The van der Waals surface area contributed by atoms with Gasteiger partial charge in [-0.1, -0.05) is 12.1 Å².